The van der Waals surface area contributed by atoms with Gasteiger partial charge < -0.3 is 38.5 Å². The van der Waals surface area contributed by atoms with Crippen LogP contribution in [0.1, 0.15) is 31.5 Å². The molecule has 0 N–H and O–H groups in total. The van der Waals surface area contributed by atoms with E-state index >= 15 is 0 Å². The van der Waals surface area contributed by atoms with E-state index in [1.54, 1.807) is 0 Å². The second-order valence-corrected chi connectivity index (χ2v) is 6.26. The largest absolute Gasteiger partial charge is 4.00 e. The van der Waals surface area contributed by atoms with Gasteiger partial charge in [-0.1, -0.05) is 13.0 Å². The van der Waals surface area contributed by atoms with Crippen molar-refractivity contribution in [1.29, 1.82) is 0 Å². The van der Waals surface area contributed by atoms with Crippen LogP contribution in [0, 0.1) is 19.9 Å². The smallest absolute Gasteiger partial charge is 1.00 e. The number of nitrogens with zero attached hydrogens (tertiary/aromatic N) is 1. The van der Waals surface area contributed by atoms with Crippen molar-refractivity contribution in [1.82, 2.24) is 4.57 Å². The number of aryl methyl sites for hydroxylation is 2. The Hall–Kier alpha value is -0.567. The Morgan fingerprint density at radius 1 is 1.00 bits per heavy atom. The minimum absolute atomic E-state index is 0. The molecule has 0 saturated carbocycles. The van der Waals surface area contributed by atoms with Crippen molar-refractivity contribution in [2.24, 2.45) is 0 Å². The average Bonchev–Trinajstić information content (AvgIpc) is 3.19. The summed E-state index contributed by atoms with van der Waals surface area (Å²) < 4.78 is 2.25. The molecule has 1 aliphatic rings. The summed E-state index contributed by atoms with van der Waals surface area (Å²) in [7, 11) is 0. The van der Waals surface area contributed by atoms with Gasteiger partial charge in [-0.05, 0) is 31.2 Å². The minimum atomic E-state index is 0. The Balaban J connectivity index is 0.000000542. The number of fused-ring (bicyclic) bond motifs is 1. The molecule has 0 atom stereocenters. The normalized spacial score (nSPS) is 12.0. The molecule has 4 rings (SSSR count). The van der Waals surface area contributed by atoms with Crippen LogP contribution in [0.2, 0.25) is 0 Å². The molecular formula is C22H23Br2NZr. The van der Waals surface area contributed by atoms with Gasteiger partial charge in [-0.3, -0.25) is 6.08 Å². The van der Waals surface area contributed by atoms with Gasteiger partial charge in [-0.15, -0.1) is 54.4 Å². The molecule has 1 aliphatic carbocycles. The summed E-state index contributed by atoms with van der Waals surface area (Å²) in [6.45, 7) is 8.49. The van der Waals surface area contributed by atoms with Crippen molar-refractivity contribution >= 4 is 10.8 Å². The third kappa shape index (κ3) is 5.97. The first kappa shape index (κ1) is 25.4. The summed E-state index contributed by atoms with van der Waals surface area (Å²) >= 11 is 0. The number of allylic oxidation sites excluding steroid dienone is 4. The Morgan fingerprint density at radius 3 is 2.15 bits per heavy atom. The quantitative estimate of drug-likeness (QED) is 0.377. The van der Waals surface area contributed by atoms with E-state index in [1.165, 1.54) is 38.9 Å². The fourth-order valence-corrected chi connectivity index (χ4v) is 2.94. The van der Waals surface area contributed by atoms with Crippen molar-refractivity contribution < 1.29 is 60.2 Å². The molecule has 0 amide bonds. The molecule has 0 fully saturated rings. The van der Waals surface area contributed by atoms with Crippen LogP contribution in [-0.4, -0.2) is 4.57 Å². The van der Waals surface area contributed by atoms with Crippen LogP contribution in [0.3, 0.4) is 0 Å². The molecule has 1 aromatic heterocycles. The molecule has 0 aliphatic heterocycles. The number of hydrogen-bond donors (Lipinski definition) is 0. The Kier molecular flexibility index (Phi) is 11.1. The zero-order valence-corrected chi connectivity index (χ0v) is 21.2. The van der Waals surface area contributed by atoms with E-state index in [0.717, 1.165) is 6.42 Å². The van der Waals surface area contributed by atoms with Gasteiger partial charge in [-0.2, -0.15) is 6.08 Å². The van der Waals surface area contributed by atoms with Gasteiger partial charge >= 0.3 is 26.2 Å². The van der Waals surface area contributed by atoms with Crippen molar-refractivity contribution in [3.8, 4) is 5.69 Å². The van der Waals surface area contributed by atoms with Gasteiger partial charge in [0.25, 0.3) is 0 Å². The van der Waals surface area contributed by atoms with E-state index in [-0.39, 0.29) is 60.2 Å². The molecule has 3 aromatic rings. The fraction of sp³-hybridized carbons (Fsp3) is 0.227. The number of aromatic nitrogens is 1. The Bertz CT molecular complexity index is 851. The maximum absolute atomic E-state index is 3.19. The minimum Gasteiger partial charge on any atom is -1.00 e. The van der Waals surface area contributed by atoms with Crippen molar-refractivity contribution in [3.05, 3.63) is 83.2 Å². The second kappa shape index (κ2) is 11.3. The molecule has 1 nitrogen and oxygen atoms in total. The molecular weight excluding hydrogens is 529 g/mol. The van der Waals surface area contributed by atoms with Gasteiger partial charge in [0.2, 0.25) is 0 Å². The summed E-state index contributed by atoms with van der Waals surface area (Å²) in [5.74, 6) is 0. The number of halogens is 2. The molecule has 0 saturated heterocycles. The number of hydrogen-bond acceptors (Lipinski definition) is 0. The standard InChI is InChI=1S/C15H14N.C7H9.2BrH.Zr/c1-11-7-12(2)16(10-11)15-8-13-5-3-4-6-14(13)9-15;1-6-4-3-5-7(6)2;;;/h3-10H,1-2H3;4H,3H2,1-2H3;2*1H;/q2*-1;;;+4/p-2. The molecule has 134 valence electrons. The molecule has 4 heteroatoms. The summed E-state index contributed by atoms with van der Waals surface area (Å²) in [4.78, 5) is 0. The summed E-state index contributed by atoms with van der Waals surface area (Å²) in [5.41, 5.74) is 6.56. The fourth-order valence-electron chi connectivity index (χ4n) is 2.94. The van der Waals surface area contributed by atoms with Gasteiger partial charge in [0.05, 0.1) is 0 Å². The van der Waals surface area contributed by atoms with Crippen LogP contribution < -0.4 is 34.0 Å². The van der Waals surface area contributed by atoms with Crippen LogP contribution >= 0.6 is 0 Å². The first-order valence-electron chi connectivity index (χ1n) is 8.10. The molecule has 26 heavy (non-hydrogen) atoms. The van der Waals surface area contributed by atoms with E-state index in [0.29, 0.717) is 0 Å². The van der Waals surface area contributed by atoms with Crippen molar-refractivity contribution in [2.75, 3.05) is 0 Å². The first-order valence-corrected chi connectivity index (χ1v) is 8.10. The van der Waals surface area contributed by atoms with E-state index in [9.17, 15) is 0 Å². The SMILES string of the molecule is CC1=[C-]CC=C1C.Cc1cc(C)n(-c2cc3ccccc3[cH-]2)c1.[Br-].[Br-].[Zr+4]. The van der Waals surface area contributed by atoms with Gasteiger partial charge in [0.1, 0.15) is 0 Å². The monoisotopic (exact) mass is 549 g/mol. The maximum atomic E-state index is 3.19. The Labute approximate surface area is 197 Å². The zero-order chi connectivity index (χ0) is 16.4. The van der Waals surface area contributed by atoms with E-state index in [4.69, 9.17) is 0 Å². The third-order valence-electron chi connectivity index (χ3n) is 4.40. The average molecular weight is 552 g/mol. The van der Waals surface area contributed by atoms with Crippen molar-refractivity contribution in [3.63, 3.8) is 0 Å². The van der Waals surface area contributed by atoms with E-state index in [1.807, 2.05) is 0 Å². The summed E-state index contributed by atoms with van der Waals surface area (Å²) in [6.07, 6.45) is 8.59. The molecule has 0 unspecified atom stereocenters. The topological polar surface area (TPSA) is 4.93 Å². The molecule has 0 radical (unpaired) electrons. The van der Waals surface area contributed by atoms with Crippen LogP contribution in [0.5, 0.6) is 0 Å². The molecule has 0 spiro atoms. The predicted molar refractivity (Wildman–Crippen MR) is 99.1 cm³/mol. The van der Waals surface area contributed by atoms with Gasteiger partial charge in [-0.25, -0.2) is 11.1 Å². The summed E-state index contributed by atoms with van der Waals surface area (Å²) in [6, 6.07) is 15.2. The van der Waals surface area contributed by atoms with E-state index in [2.05, 4.69) is 93.1 Å². The second-order valence-electron chi connectivity index (χ2n) is 6.26. The Morgan fingerprint density at radius 2 is 1.69 bits per heavy atom. The van der Waals surface area contributed by atoms with Crippen LogP contribution in [0.25, 0.3) is 16.5 Å². The zero-order valence-electron chi connectivity index (χ0n) is 15.6. The summed E-state index contributed by atoms with van der Waals surface area (Å²) in [5, 5.41) is 2.62. The van der Waals surface area contributed by atoms with Crippen molar-refractivity contribution in [2.45, 2.75) is 34.1 Å². The van der Waals surface area contributed by atoms with Gasteiger partial charge in [0.15, 0.2) is 0 Å². The molecule has 0 bridgehead atoms. The van der Waals surface area contributed by atoms with Crippen LogP contribution in [-0.2, 0) is 26.2 Å². The predicted octanol–water partition coefficient (Wildman–Crippen LogP) is 0.0576. The first-order chi connectivity index (χ1) is 11.0. The van der Waals surface area contributed by atoms with Crippen LogP contribution in [0.4, 0.5) is 0 Å². The van der Waals surface area contributed by atoms with E-state index < -0.39 is 0 Å². The third-order valence-corrected chi connectivity index (χ3v) is 4.40. The number of rotatable bonds is 1. The number of benzene rings is 1. The van der Waals surface area contributed by atoms with Gasteiger partial charge in [0, 0.05) is 11.9 Å². The van der Waals surface area contributed by atoms with Crippen LogP contribution in [0.15, 0.2) is 65.9 Å². The molecule has 1 heterocycles. The molecule has 2 aromatic carbocycles. The maximum Gasteiger partial charge on any atom is 4.00 e.